The Labute approximate surface area is 241 Å². The highest BCUT2D eigenvalue weighted by Gasteiger charge is 2.27. The van der Waals surface area contributed by atoms with Crippen molar-refractivity contribution < 1.29 is 9.59 Å². The van der Waals surface area contributed by atoms with E-state index >= 15 is 0 Å². The van der Waals surface area contributed by atoms with Crippen LogP contribution in [0.15, 0.2) is 60.8 Å². The number of amides is 2. The van der Waals surface area contributed by atoms with E-state index in [1.165, 1.54) is 0 Å². The van der Waals surface area contributed by atoms with E-state index in [1.807, 2.05) is 54.9 Å². The van der Waals surface area contributed by atoms with Gasteiger partial charge in [-0.05, 0) is 62.3 Å². The lowest BCUT2D eigenvalue weighted by atomic mass is 10.0. The van der Waals surface area contributed by atoms with Crippen molar-refractivity contribution in [2.24, 2.45) is 0 Å². The predicted octanol–water partition coefficient (Wildman–Crippen LogP) is 4.71. The summed E-state index contributed by atoms with van der Waals surface area (Å²) in [5.41, 5.74) is 1.85. The zero-order valence-electron chi connectivity index (χ0n) is 24.2. The first-order chi connectivity index (χ1) is 19.9. The summed E-state index contributed by atoms with van der Waals surface area (Å²) >= 11 is 0. The summed E-state index contributed by atoms with van der Waals surface area (Å²) in [4.78, 5) is 39.0. The Morgan fingerprint density at radius 3 is 2.61 bits per heavy atom. The van der Waals surface area contributed by atoms with Gasteiger partial charge in [0.25, 0.3) is 0 Å². The lowest BCUT2D eigenvalue weighted by Crippen LogP contribution is -2.42. The maximum Gasteiger partial charge on any atom is 0.227 e. The summed E-state index contributed by atoms with van der Waals surface area (Å²) in [6.07, 6.45) is 6.84. The van der Waals surface area contributed by atoms with Gasteiger partial charge in [-0.25, -0.2) is 14.6 Å². The minimum atomic E-state index is -0.0850. The molecule has 9 heteroatoms. The van der Waals surface area contributed by atoms with E-state index in [4.69, 9.17) is 5.10 Å². The van der Waals surface area contributed by atoms with E-state index < -0.39 is 0 Å². The minimum Gasteiger partial charge on any atom is -0.338 e. The quantitative estimate of drug-likeness (QED) is 0.289. The lowest BCUT2D eigenvalue weighted by molar-refractivity contribution is -0.133. The molecule has 2 aromatic heterocycles. The van der Waals surface area contributed by atoms with E-state index in [0.717, 1.165) is 53.4 Å². The van der Waals surface area contributed by atoms with Crippen molar-refractivity contribution in [2.75, 3.05) is 32.5 Å². The Hall–Kier alpha value is -4.11. The van der Waals surface area contributed by atoms with Crippen LogP contribution in [-0.4, -0.2) is 74.6 Å². The van der Waals surface area contributed by atoms with Crippen LogP contribution in [0.1, 0.15) is 43.5 Å². The Balaban J connectivity index is 1.28. The van der Waals surface area contributed by atoms with Crippen LogP contribution in [0, 0.1) is 6.92 Å². The van der Waals surface area contributed by atoms with Crippen LogP contribution in [0.2, 0.25) is 0 Å². The summed E-state index contributed by atoms with van der Waals surface area (Å²) in [5.74, 6) is 1.91. The molecule has 2 aromatic carbocycles. The van der Waals surface area contributed by atoms with E-state index in [9.17, 15) is 9.59 Å². The third-order valence-electron chi connectivity index (χ3n) is 7.79. The molecule has 1 saturated carbocycles. The van der Waals surface area contributed by atoms with Crippen molar-refractivity contribution in [1.29, 1.82) is 0 Å². The van der Waals surface area contributed by atoms with Crippen molar-refractivity contribution in [3.63, 3.8) is 0 Å². The zero-order chi connectivity index (χ0) is 28.8. The third-order valence-corrected chi connectivity index (χ3v) is 7.79. The molecular formula is C32H39N7O2. The number of carbonyl (C=O) groups is 2. The highest BCUT2D eigenvalue weighted by molar-refractivity contribution is 5.91. The van der Waals surface area contributed by atoms with E-state index in [0.29, 0.717) is 44.1 Å². The Morgan fingerprint density at radius 1 is 1.02 bits per heavy atom. The highest BCUT2D eigenvalue weighted by Crippen LogP contribution is 2.26. The molecule has 1 aliphatic carbocycles. The van der Waals surface area contributed by atoms with Gasteiger partial charge >= 0.3 is 0 Å². The van der Waals surface area contributed by atoms with E-state index in [-0.39, 0.29) is 17.9 Å². The summed E-state index contributed by atoms with van der Waals surface area (Å²) in [5, 5.41) is 9.92. The van der Waals surface area contributed by atoms with Gasteiger partial charge in [0.05, 0.1) is 13.0 Å². The molecule has 1 N–H and O–H groups in total. The number of aryl methyl sites for hydroxylation is 1. The number of pyridine rings is 1. The molecule has 2 amide bonds. The van der Waals surface area contributed by atoms with Crippen molar-refractivity contribution in [1.82, 2.24) is 29.5 Å². The number of benzene rings is 2. The normalized spacial score (nSPS) is 13.7. The van der Waals surface area contributed by atoms with Crippen LogP contribution >= 0.6 is 0 Å². The summed E-state index contributed by atoms with van der Waals surface area (Å²) in [6.45, 7) is 3.75. The van der Waals surface area contributed by atoms with Crippen LogP contribution in [0.3, 0.4) is 0 Å². The number of carbonyl (C=O) groups excluding carboxylic acids is 2. The smallest absolute Gasteiger partial charge is 0.227 e. The number of hydrogen-bond acceptors (Lipinski definition) is 6. The van der Waals surface area contributed by atoms with Gasteiger partial charge in [-0.2, -0.15) is 5.10 Å². The summed E-state index contributed by atoms with van der Waals surface area (Å²) in [7, 11) is 3.87. The fraction of sp³-hybridized carbons (Fsp3) is 0.406. The maximum absolute atomic E-state index is 13.7. The topological polar surface area (TPSA) is 96.2 Å². The number of anilines is 1. The molecule has 2 heterocycles. The number of rotatable bonds is 11. The van der Waals surface area contributed by atoms with Gasteiger partial charge in [-0.15, -0.1) is 0 Å². The number of fused-ring (bicyclic) bond motifs is 1. The predicted molar refractivity (Wildman–Crippen MR) is 161 cm³/mol. The average Bonchev–Trinajstić information content (AvgIpc) is 3.63. The van der Waals surface area contributed by atoms with Crippen LogP contribution in [-0.2, 0) is 22.6 Å². The van der Waals surface area contributed by atoms with Crippen molar-refractivity contribution in [2.45, 2.75) is 58.0 Å². The first kappa shape index (κ1) is 28.4. The number of aromatic nitrogens is 4. The second-order valence-electron chi connectivity index (χ2n) is 11.1. The molecular weight excluding hydrogens is 514 g/mol. The summed E-state index contributed by atoms with van der Waals surface area (Å²) < 4.78 is 1.87. The second-order valence-corrected chi connectivity index (χ2v) is 11.1. The van der Waals surface area contributed by atoms with Gasteiger partial charge in [-0.3, -0.25) is 9.59 Å². The van der Waals surface area contributed by atoms with Crippen LogP contribution in [0.5, 0.6) is 0 Å². The Kier molecular flexibility index (Phi) is 9.04. The first-order valence-electron chi connectivity index (χ1n) is 14.5. The highest BCUT2D eigenvalue weighted by atomic mass is 16.2. The number of nitrogens with one attached hydrogen (secondary N) is 1. The fourth-order valence-electron chi connectivity index (χ4n) is 5.56. The van der Waals surface area contributed by atoms with Crippen LogP contribution in [0.25, 0.3) is 22.2 Å². The molecule has 5 rings (SSSR count). The largest absolute Gasteiger partial charge is 0.338 e. The molecule has 0 bridgehead atoms. The standard InChI is InChI=1S/C32H39N7O2/c1-23-34-32(26-15-17-33-29(21-26)35-30(40)16-18-37(2)3)36-39(23)20-19-38(27-12-5-6-13-27)31(41)22-25-11-8-10-24-9-4-7-14-28(24)25/h4,7-11,14-15,17,21,27H,5-6,12-13,16,18-20,22H2,1-3H3,(H,33,35,40). The Bertz CT molecular complexity index is 1500. The first-order valence-corrected chi connectivity index (χ1v) is 14.5. The molecule has 1 aliphatic rings. The van der Waals surface area contributed by atoms with Crippen molar-refractivity contribution >= 4 is 28.4 Å². The van der Waals surface area contributed by atoms with Crippen LogP contribution in [0.4, 0.5) is 5.82 Å². The maximum atomic E-state index is 13.7. The summed E-state index contributed by atoms with van der Waals surface area (Å²) in [6, 6.07) is 18.3. The van der Waals surface area contributed by atoms with Gasteiger partial charge in [0.15, 0.2) is 5.82 Å². The fourth-order valence-corrected chi connectivity index (χ4v) is 5.56. The van der Waals surface area contributed by atoms with Gasteiger partial charge in [-0.1, -0.05) is 55.3 Å². The molecule has 41 heavy (non-hydrogen) atoms. The molecule has 1 fully saturated rings. The average molecular weight is 554 g/mol. The van der Waals surface area contributed by atoms with Gasteiger partial charge in [0.2, 0.25) is 11.8 Å². The van der Waals surface area contributed by atoms with Crippen molar-refractivity contribution in [3.8, 4) is 11.4 Å². The van der Waals surface area contributed by atoms with Crippen LogP contribution < -0.4 is 5.32 Å². The molecule has 4 aromatic rings. The molecule has 0 unspecified atom stereocenters. The van der Waals surface area contributed by atoms with Gasteiger partial charge < -0.3 is 15.1 Å². The lowest BCUT2D eigenvalue weighted by Gasteiger charge is -2.29. The number of hydrogen-bond donors (Lipinski definition) is 1. The molecule has 0 radical (unpaired) electrons. The zero-order valence-corrected chi connectivity index (χ0v) is 24.2. The molecule has 0 atom stereocenters. The monoisotopic (exact) mass is 553 g/mol. The molecule has 9 nitrogen and oxygen atoms in total. The Morgan fingerprint density at radius 2 is 1.80 bits per heavy atom. The molecule has 0 spiro atoms. The third kappa shape index (κ3) is 7.16. The minimum absolute atomic E-state index is 0.0850. The SMILES string of the molecule is Cc1nc(-c2ccnc(NC(=O)CCN(C)C)c2)nn1CCN(C(=O)Cc1cccc2ccccc12)C1CCCC1. The van der Waals surface area contributed by atoms with Gasteiger partial charge in [0.1, 0.15) is 11.6 Å². The van der Waals surface area contributed by atoms with E-state index in [2.05, 4.69) is 44.5 Å². The van der Waals surface area contributed by atoms with Crippen molar-refractivity contribution in [3.05, 3.63) is 72.2 Å². The number of nitrogens with zero attached hydrogens (tertiary/aromatic N) is 6. The van der Waals surface area contributed by atoms with E-state index in [1.54, 1.807) is 12.3 Å². The molecule has 214 valence electrons. The van der Waals surface area contributed by atoms with Gasteiger partial charge in [0, 0.05) is 37.3 Å². The second kappa shape index (κ2) is 13.0. The molecule has 0 saturated heterocycles. The molecule has 0 aliphatic heterocycles.